The van der Waals surface area contributed by atoms with E-state index in [9.17, 15) is 0 Å². The van der Waals surface area contributed by atoms with Crippen molar-refractivity contribution in [3.8, 4) is 0 Å². The maximum Gasteiger partial charge on any atom is 0.0626 e. The fourth-order valence-corrected chi connectivity index (χ4v) is 4.59. The summed E-state index contributed by atoms with van der Waals surface area (Å²) in [4.78, 5) is 4.04. The molecule has 0 aromatic carbocycles. The van der Waals surface area contributed by atoms with Crippen LogP contribution < -0.4 is 0 Å². The molecule has 2 fully saturated rings. The molecule has 3 rings (SSSR count). The normalized spacial score (nSPS) is 29.8. The molecule has 3 heterocycles. The van der Waals surface area contributed by atoms with Gasteiger partial charge in [0.2, 0.25) is 0 Å². The summed E-state index contributed by atoms with van der Waals surface area (Å²) in [6.45, 7) is 6.13. The van der Waals surface area contributed by atoms with Crippen LogP contribution in [0.4, 0.5) is 0 Å². The molecule has 2 aliphatic heterocycles. The number of hydrogen-bond acceptors (Lipinski definition) is 3. The van der Waals surface area contributed by atoms with Gasteiger partial charge in [0.1, 0.15) is 0 Å². The van der Waals surface area contributed by atoms with Crippen molar-refractivity contribution in [3.63, 3.8) is 0 Å². The maximum atomic E-state index is 4.32. The monoisotopic (exact) mass is 279 g/mol. The number of aromatic nitrogens is 2. The molecule has 1 aromatic rings. The van der Waals surface area contributed by atoms with Crippen molar-refractivity contribution in [2.75, 3.05) is 25.4 Å². The van der Waals surface area contributed by atoms with E-state index < -0.39 is 0 Å². The third-order valence-electron chi connectivity index (χ3n) is 4.57. The van der Waals surface area contributed by atoms with Crippen molar-refractivity contribution >= 4 is 11.8 Å². The predicted octanol–water partition coefficient (Wildman–Crippen LogP) is 3.50. The molecule has 0 spiro atoms. The van der Waals surface area contributed by atoms with Crippen LogP contribution in [0, 0.1) is 5.92 Å². The van der Waals surface area contributed by atoms with Crippen LogP contribution >= 0.6 is 11.8 Å². The Hall–Kier alpha value is -0.480. The molecule has 0 saturated carbocycles. The Bertz CT molecular complexity index is 404. The Labute approximate surface area is 120 Å². The van der Waals surface area contributed by atoms with Crippen LogP contribution in [0.5, 0.6) is 0 Å². The van der Waals surface area contributed by atoms with Gasteiger partial charge in [0, 0.05) is 23.9 Å². The summed E-state index contributed by atoms with van der Waals surface area (Å²) in [5.41, 5.74) is 1.43. The molecular formula is C15H25N3S. The number of H-pyrrole nitrogens is 1. The third-order valence-corrected chi connectivity index (χ3v) is 5.70. The Morgan fingerprint density at radius 2 is 2.37 bits per heavy atom. The molecule has 106 valence electrons. The average molecular weight is 279 g/mol. The van der Waals surface area contributed by atoms with Gasteiger partial charge >= 0.3 is 0 Å². The summed E-state index contributed by atoms with van der Waals surface area (Å²) in [5, 5.41) is 7.62. The van der Waals surface area contributed by atoms with Gasteiger partial charge in [-0.1, -0.05) is 19.8 Å². The first kappa shape index (κ1) is 13.5. The van der Waals surface area contributed by atoms with Crippen LogP contribution in [-0.4, -0.2) is 40.5 Å². The minimum atomic E-state index is 0.707. The summed E-state index contributed by atoms with van der Waals surface area (Å²) in [5.74, 6) is 2.81. The van der Waals surface area contributed by atoms with Crippen LogP contribution in [0.2, 0.25) is 0 Å². The van der Waals surface area contributed by atoms with Crippen molar-refractivity contribution < 1.29 is 0 Å². The molecule has 2 aliphatic rings. The number of hydrogen-bond donors (Lipinski definition) is 1. The summed E-state index contributed by atoms with van der Waals surface area (Å²) in [7, 11) is 0. The highest BCUT2D eigenvalue weighted by atomic mass is 32.2. The number of rotatable bonds is 6. The number of nitrogens with zero attached hydrogens (tertiary/aromatic N) is 2. The van der Waals surface area contributed by atoms with Gasteiger partial charge in [-0.3, -0.25) is 5.10 Å². The van der Waals surface area contributed by atoms with E-state index in [4.69, 9.17) is 0 Å². The van der Waals surface area contributed by atoms with Crippen molar-refractivity contribution in [1.82, 2.24) is 15.1 Å². The number of unbranched alkanes of at least 4 members (excludes halogenated alkanes) is 2. The van der Waals surface area contributed by atoms with Crippen molar-refractivity contribution in [3.05, 3.63) is 11.9 Å². The highest BCUT2D eigenvalue weighted by Crippen LogP contribution is 2.41. The molecule has 2 bridgehead atoms. The standard InChI is InChI=1S/C15H25N3S/c1-2-3-4-8-19-14-9-16-17-15(14)13-11-18-7-5-6-12(13)10-18/h9,12-13H,2-8,10-11H2,1H3,(H,16,17). The lowest BCUT2D eigenvalue weighted by molar-refractivity contribution is 0.269. The van der Waals surface area contributed by atoms with Crippen LogP contribution in [0.3, 0.4) is 0 Å². The first-order valence-corrected chi connectivity index (χ1v) is 8.75. The molecule has 3 atom stereocenters. The summed E-state index contributed by atoms with van der Waals surface area (Å²) >= 11 is 2.00. The van der Waals surface area contributed by atoms with Gasteiger partial charge < -0.3 is 4.90 Å². The van der Waals surface area contributed by atoms with Gasteiger partial charge in [0.15, 0.2) is 0 Å². The molecule has 0 radical (unpaired) electrons. The minimum Gasteiger partial charge on any atom is -0.302 e. The van der Waals surface area contributed by atoms with Gasteiger partial charge in [0.25, 0.3) is 0 Å². The molecule has 19 heavy (non-hydrogen) atoms. The molecule has 4 heteroatoms. The maximum absolute atomic E-state index is 4.32. The SMILES string of the molecule is CCCCCSc1cn[nH]c1C1CN2CCCC1C2. The Balaban J connectivity index is 1.63. The molecule has 1 N–H and O–H groups in total. The van der Waals surface area contributed by atoms with Gasteiger partial charge in [-0.25, -0.2) is 0 Å². The van der Waals surface area contributed by atoms with E-state index in [-0.39, 0.29) is 0 Å². The summed E-state index contributed by atoms with van der Waals surface area (Å²) in [6.07, 6.45) is 8.81. The first-order valence-electron chi connectivity index (χ1n) is 7.77. The van der Waals surface area contributed by atoms with Gasteiger partial charge in [0.05, 0.1) is 11.9 Å². The van der Waals surface area contributed by atoms with Crippen molar-refractivity contribution in [2.45, 2.75) is 49.8 Å². The van der Waals surface area contributed by atoms with Crippen LogP contribution in [0.1, 0.15) is 50.6 Å². The predicted molar refractivity (Wildman–Crippen MR) is 80.7 cm³/mol. The lowest BCUT2D eigenvalue weighted by atomic mass is 9.89. The molecular weight excluding hydrogens is 254 g/mol. The van der Waals surface area contributed by atoms with E-state index in [0.29, 0.717) is 5.92 Å². The highest BCUT2D eigenvalue weighted by molar-refractivity contribution is 7.99. The van der Waals surface area contributed by atoms with Gasteiger partial charge in [-0.2, -0.15) is 5.10 Å². The zero-order chi connectivity index (χ0) is 13.1. The Morgan fingerprint density at radius 3 is 3.21 bits per heavy atom. The van der Waals surface area contributed by atoms with Crippen molar-refractivity contribution in [2.24, 2.45) is 5.92 Å². The number of thioether (sulfide) groups is 1. The number of aromatic amines is 1. The summed E-state index contributed by atoms with van der Waals surface area (Å²) in [6, 6.07) is 0. The molecule has 0 aliphatic carbocycles. The Morgan fingerprint density at radius 1 is 1.42 bits per heavy atom. The largest absolute Gasteiger partial charge is 0.302 e. The topological polar surface area (TPSA) is 31.9 Å². The third kappa shape index (κ3) is 3.00. The van der Waals surface area contributed by atoms with E-state index >= 15 is 0 Å². The number of piperidine rings is 1. The minimum absolute atomic E-state index is 0.707. The zero-order valence-corrected chi connectivity index (χ0v) is 12.7. The molecule has 1 aromatic heterocycles. The lowest BCUT2D eigenvalue weighted by Crippen LogP contribution is -2.25. The van der Waals surface area contributed by atoms with Crippen LogP contribution in [0.15, 0.2) is 11.1 Å². The first-order chi connectivity index (χ1) is 9.38. The van der Waals surface area contributed by atoms with Gasteiger partial charge in [-0.15, -0.1) is 11.8 Å². The highest BCUT2D eigenvalue weighted by Gasteiger charge is 2.38. The smallest absolute Gasteiger partial charge is 0.0626 e. The lowest BCUT2D eigenvalue weighted by Gasteiger charge is -2.22. The molecule has 3 unspecified atom stereocenters. The van der Waals surface area contributed by atoms with Gasteiger partial charge in [-0.05, 0) is 37.5 Å². The quantitative estimate of drug-likeness (QED) is 0.639. The fourth-order valence-electron chi connectivity index (χ4n) is 3.54. The number of nitrogens with one attached hydrogen (secondary N) is 1. The van der Waals surface area contributed by atoms with Crippen LogP contribution in [-0.2, 0) is 0 Å². The fraction of sp³-hybridized carbons (Fsp3) is 0.800. The zero-order valence-electron chi connectivity index (χ0n) is 11.9. The van der Waals surface area contributed by atoms with E-state index in [0.717, 1.165) is 5.92 Å². The Kier molecular flexibility index (Phi) is 4.49. The number of fused-ring (bicyclic) bond motifs is 2. The van der Waals surface area contributed by atoms with E-state index in [2.05, 4.69) is 22.0 Å². The van der Waals surface area contributed by atoms with E-state index in [1.807, 2.05) is 18.0 Å². The van der Waals surface area contributed by atoms with Crippen molar-refractivity contribution in [1.29, 1.82) is 0 Å². The van der Waals surface area contributed by atoms with E-state index in [1.165, 1.54) is 68.1 Å². The summed E-state index contributed by atoms with van der Waals surface area (Å²) < 4.78 is 0. The van der Waals surface area contributed by atoms with Crippen LogP contribution in [0.25, 0.3) is 0 Å². The molecule has 0 amide bonds. The second kappa shape index (κ2) is 6.31. The second-order valence-electron chi connectivity index (χ2n) is 5.97. The second-order valence-corrected chi connectivity index (χ2v) is 7.11. The van der Waals surface area contributed by atoms with E-state index in [1.54, 1.807) is 0 Å². The molecule has 2 saturated heterocycles. The molecule has 3 nitrogen and oxygen atoms in total. The average Bonchev–Trinajstić information content (AvgIpc) is 2.99.